The third-order valence-corrected chi connectivity index (χ3v) is 4.66. The van der Waals surface area contributed by atoms with Gasteiger partial charge in [0.15, 0.2) is 0 Å². The molecule has 6 nitrogen and oxygen atoms in total. The number of hydrogen-bond donors (Lipinski definition) is 6. The van der Waals surface area contributed by atoms with E-state index in [1.807, 2.05) is 20.8 Å². The van der Waals surface area contributed by atoms with Crippen LogP contribution in [0.1, 0.15) is 80.1 Å². The number of rotatable bonds is 0. The molecule has 1 saturated heterocycles. The lowest BCUT2D eigenvalue weighted by Crippen LogP contribution is -2.52. The molecular weight excluding hydrogens is 360 g/mol. The summed E-state index contributed by atoms with van der Waals surface area (Å²) in [4.78, 5) is 0. The zero-order valence-corrected chi connectivity index (χ0v) is 20.7. The van der Waals surface area contributed by atoms with Crippen LogP contribution >= 0.6 is 0 Å². The van der Waals surface area contributed by atoms with E-state index in [4.69, 9.17) is 5.73 Å². The lowest BCUT2D eigenvalue weighted by Gasteiger charge is -2.33. The van der Waals surface area contributed by atoms with Crippen molar-refractivity contribution in [2.75, 3.05) is 52.4 Å². The van der Waals surface area contributed by atoms with E-state index in [0.717, 1.165) is 52.4 Å². The van der Waals surface area contributed by atoms with Crippen LogP contribution < -0.4 is 32.3 Å². The number of nitrogens with one attached hydrogen (secondary N) is 5. The predicted octanol–water partition coefficient (Wildman–Crippen LogP) is 2.45. The summed E-state index contributed by atoms with van der Waals surface area (Å²) >= 11 is 0. The molecule has 1 heterocycles. The molecule has 6 heteroatoms. The third kappa shape index (κ3) is 20.8. The van der Waals surface area contributed by atoms with Crippen molar-refractivity contribution in [3.63, 3.8) is 0 Å². The normalized spacial score (nSPS) is 26.8. The van der Waals surface area contributed by atoms with Gasteiger partial charge in [-0.3, -0.25) is 0 Å². The first-order valence-electron chi connectivity index (χ1n) is 12.5. The van der Waals surface area contributed by atoms with Crippen LogP contribution in [0.15, 0.2) is 0 Å². The molecule has 0 aromatic heterocycles. The molecule has 1 saturated carbocycles. The Bertz CT molecular complexity index is 289. The first-order valence-corrected chi connectivity index (χ1v) is 12.5. The molecule has 1 aliphatic heterocycles. The molecule has 29 heavy (non-hydrogen) atoms. The zero-order chi connectivity index (χ0) is 22.2. The highest BCUT2D eigenvalue weighted by molar-refractivity contribution is 4.86. The predicted molar refractivity (Wildman–Crippen MR) is 132 cm³/mol. The summed E-state index contributed by atoms with van der Waals surface area (Å²) in [5.41, 5.74) is 4.85. The van der Waals surface area contributed by atoms with E-state index in [0.29, 0.717) is 18.1 Å². The molecule has 0 aromatic carbocycles. The minimum atomic E-state index is 0.545. The largest absolute Gasteiger partial charge is 0.331 e. The van der Waals surface area contributed by atoms with Crippen molar-refractivity contribution < 1.29 is 0 Å². The molecule has 0 amide bonds. The molecule has 2 fully saturated rings. The SMILES string of the molecule is CC.CCC.CCN.C[C@@H]1CNCCN[C@@H]2CCCC[C@H]2NCCCNCCN1. The Morgan fingerprint density at radius 1 is 0.690 bits per heavy atom. The van der Waals surface area contributed by atoms with Gasteiger partial charge in [-0.2, -0.15) is 0 Å². The van der Waals surface area contributed by atoms with Crippen LogP contribution in [-0.4, -0.2) is 70.5 Å². The maximum Gasteiger partial charge on any atom is 0.0221 e. The van der Waals surface area contributed by atoms with Crippen molar-refractivity contribution in [1.29, 1.82) is 0 Å². The van der Waals surface area contributed by atoms with Gasteiger partial charge in [-0.1, -0.05) is 53.9 Å². The number of hydrogen-bond acceptors (Lipinski definition) is 6. The van der Waals surface area contributed by atoms with Crippen molar-refractivity contribution in [3.8, 4) is 0 Å². The molecule has 3 atom stereocenters. The van der Waals surface area contributed by atoms with E-state index in [1.165, 1.54) is 38.5 Å². The Hall–Kier alpha value is -0.240. The molecule has 0 aromatic rings. The van der Waals surface area contributed by atoms with Gasteiger partial charge in [0.05, 0.1) is 0 Å². The Kier molecular flexibility index (Phi) is 27.5. The van der Waals surface area contributed by atoms with E-state index >= 15 is 0 Å². The van der Waals surface area contributed by atoms with E-state index in [2.05, 4.69) is 47.4 Å². The number of nitrogens with two attached hydrogens (primary N) is 1. The highest BCUT2D eigenvalue weighted by Gasteiger charge is 2.23. The summed E-state index contributed by atoms with van der Waals surface area (Å²) < 4.78 is 0. The first kappa shape index (κ1) is 30.9. The van der Waals surface area contributed by atoms with Gasteiger partial charge in [-0.05, 0) is 45.8 Å². The lowest BCUT2D eigenvalue weighted by atomic mass is 9.90. The van der Waals surface area contributed by atoms with E-state index in [-0.39, 0.29) is 0 Å². The molecule has 2 rings (SSSR count). The van der Waals surface area contributed by atoms with Crippen LogP contribution in [0.25, 0.3) is 0 Å². The second-order valence-corrected chi connectivity index (χ2v) is 7.68. The fourth-order valence-electron chi connectivity index (χ4n) is 3.39. The van der Waals surface area contributed by atoms with Crippen molar-refractivity contribution in [1.82, 2.24) is 26.6 Å². The average Bonchev–Trinajstić information content (AvgIpc) is 2.72. The molecule has 0 spiro atoms. The second-order valence-electron chi connectivity index (χ2n) is 7.68. The Morgan fingerprint density at radius 3 is 1.76 bits per heavy atom. The quantitative estimate of drug-likeness (QED) is 0.364. The van der Waals surface area contributed by atoms with E-state index in [1.54, 1.807) is 0 Å². The molecule has 0 bridgehead atoms. The fraction of sp³-hybridized carbons (Fsp3) is 1.00. The summed E-state index contributed by atoms with van der Waals surface area (Å²) in [5.74, 6) is 0. The molecule has 178 valence electrons. The zero-order valence-electron chi connectivity index (χ0n) is 20.7. The van der Waals surface area contributed by atoms with Gasteiger partial charge in [0.1, 0.15) is 0 Å². The maximum atomic E-state index is 4.85. The first-order chi connectivity index (χ1) is 14.2. The highest BCUT2D eigenvalue weighted by atomic mass is 15.1. The van der Waals surface area contributed by atoms with E-state index < -0.39 is 0 Å². The van der Waals surface area contributed by atoms with Crippen LogP contribution in [0.3, 0.4) is 0 Å². The monoisotopic (exact) mass is 416 g/mol. The molecule has 0 unspecified atom stereocenters. The van der Waals surface area contributed by atoms with Crippen molar-refractivity contribution in [2.24, 2.45) is 5.73 Å². The highest BCUT2D eigenvalue weighted by Crippen LogP contribution is 2.18. The second kappa shape index (κ2) is 25.8. The smallest absolute Gasteiger partial charge is 0.0221 e. The molecule has 0 radical (unpaired) electrons. The van der Waals surface area contributed by atoms with E-state index in [9.17, 15) is 0 Å². The molecular formula is C23H56N6. The summed E-state index contributed by atoms with van der Waals surface area (Å²) in [7, 11) is 0. The molecule has 1 aliphatic carbocycles. The summed E-state index contributed by atoms with van der Waals surface area (Å²) in [6, 6.07) is 1.88. The summed E-state index contributed by atoms with van der Waals surface area (Å²) in [6.07, 6.45) is 7.90. The van der Waals surface area contributed by atoms with Gasteiger partial charge in [0.2, 0.25) is 0 Å². The minimum absolute atomic E-state index is 0.545. The van der Waals surface area contributed by atoms with Crippen molar-refractivity contribution >= 4 is 0 Å². The van der Waals surface area contributed by atoms with Crippen molar-refractivity contribution in [2.45, 2.75) is 98.2 Å². The van der Waals surface area contributed by atoms with Crippen molar-refractivity contribution in [3.05, 3.63) is 0 Å². The van der Waals surface area contributed by atoms with Crippen LogP contribution in [0, 0.1) is 0 Å². The number of fused-ring (bicyclic) bond motifs is 1. The maximum absolute atomic E-state index is 4.85. The van der Waals surface area contributed by atoms with Crippen LogP contribution in [0.2, 0.25) is 0 Å². The van der Waals surface area contributed by atoms with Crippen LogP contribution in [0.4, 0.5) is 0 Å². The van der Waals surface area contributed by atoms with Gasteiger partial charge in [-0.25, -0.2) is 0 Å². The van der Waals surface area contributed by atoms with Crippen LogP contribution in [0.5, 0.6) is 0 Å². The Morgan fingerprint density at radius 2 is 1.17 bits per heavy atom. The lowest BCUT2D eigenvalue weighted by molar-refractivity contribution is 0.282. The third-order valence-electron chi connectivity index (χ3n) is 4.66. The molecule has 7 N–H and O–H groups in total. The van der Waals surface area contributed by atoms with Gasteiger partial charge in [0, 0.05) is 50.8 Å². The molecule has 2 aliphatic rings. The van der Waals surface area contributed by atoms with Gasteiger partial charge >= 0.3 is 0 Å². The van der Waals surface area contributed by atoms with Gasteiger partial charge < -0.3 is 32.3 Å². The average molecular weight is 417 g/mol. The Balaban J connectivity index is 0. The van der Waals surface area contributed by atoms with Gasteiger partial charge in [0.25, 0.3) is 0 Å². The Labute approximate surface area is 183 Å². The van der Waals surface area contributed by atoms with Gasteiger partial charge in [-0.15, -0.1) is 0 Å². The minimum Gasteiger partial charge on any atom is -0.331 e. The topological polar surface area (TPSA) is 86.2 Å². The standard InChI is InChI=1S/C16H35N5.C3H8.C2H7N.C2H6/c1-14-13-18-10-12-21-16-6-3-2-5-15(16)20-8-4-7-17-9-11-19-14;1-3-2;1-2-3;1-2/h14-21H,2-13H2,1H3;3H2,1-2H3;2-3H2,1H3;1-2H3/t14-,15-,16-;;;/m1.../s1. The summed E-state index contributed by atoms with van der Waals surface area (Å²) in [6.45, 7) is 20.7. The summed E-state index contributed by atoms with van der Waals surface area (Å²) in [5, 5.41) is 18.1. The fourth-order valence-corrected chi connectivity index (χ4v) is 3.39. The van der Waals surface area contributed by atoms with Crippen LogP contribution in [-0.2, 0) is 0 Å².